The number of hydrogen-bond acceptors (Lipinski definition) is 2. The Hall–Kier alpha value is -1.61. The van der Waals surface area contributed by atoms with E-state index in [0.29, 0.717) is 0 Å². The molecule has 0 saturated carbocycles. The highest BCUT2D eigenvalue weighted by molar-refractivity contribution is 5.40. The minimum Gasteiger partial charge on any atom is -0.308 e. The SMILES string of the molecule is CNC(c1c(C)cccc1C)c1ccnn1C. The van der Waals surface area contributed by atoms with Gasteiger partial charge in [0.05, 0.1) is 11.7 Å². The largest absolute Gasteiger partial charge is 0.308 e. The number of aromatic nitrogens is 2. The summed E-state index contributed by atoms with van der Waals surface area (Å²) in [7, 11) is 3.97. The normalized spacial score (nSPS) is 12.7. The van der Waals surface area contributed by atoms with E-state index in [1.54, 1.807) is 0 Å². The molecule has 0 amide bonds. The van der Waals surface area contributed by atoms with Crippen molar-refractivity contribution in [3.05, 3.63) is 52.8 Å². The molecule has 0 saturated heterocycles. The fourth-order valence-corrected chi connectivity index (χ4v) is 2.39. The molecule has 0 spiro atoms. The molecule has 3 nitrogen and oxygen atoms in total. The lowest BCUT2D eigenvalue weighted by Gasteiger charge is -2.21. The first kappa shape index (κ1) is 11.9. The van der Waals surface area contributed by atoms with Crippen LogP contribution in [0, 0.1) is 13.8 Å². The third-order valence-electron chi connectivity index (χ3n) is 3.27. The molecule has 2 rings (SSSR count). The second-order valence-corrected chi connectivity index (χ2v) is 4.41. The maximum absolute atomic E-state index is 4.25. The van der Waals surface area contributed by atoms with Crippen LogP contribution in [0.15, 0.2) is 30.5 Å². The van der Waals surface area contributed by atoms with Gasteiger partial charge in [0, 0.05) is 13.2 Å². The number of aryl methyl sites for hydroxylation is 3. The van der Waals surface area contributed by atoms with Gasteiger partial charge in [-0.25, -0.2) is 0 Å². The molecule has 17 heavy (non-hydrogen) atoms. The average molecular weight is 229 g/mol. The smallest absolute Gasteiger partial charge is 0.0750 e. The molecule has 90 valence electrons. The Morgan fingerprint density at radius 1 is 1.18 bits per heavy atom. The van der Waals surface area contributed by atoms with Crippen molar-refractivity contribution in [3.8, 4) is 0 Å². The molecule has 0 bridgehead atoms. The molecule has 1 atom stereocenters. The lowest BCUT2D eigenvalue weighted by atomic mass is 9.94. The summed E-state index contributed by atoms with van der Waals surface area (Å²) >= 11 is 0. The average Bonchev–Trinajstić information content (AvgIpc) is 2.70. The molecule has 1 aromatic carbocycles. The molecule has 2 aromatic rings. The molecule has 0 aliphatic carbocycles. The zero-order valence-corrected chi connectivity index (χ0v) is 10.9. The summed E-state index contributed by atoms with van der Waals surface area (Å²) in [4.78, 5) is 0. The molecule has 1 aromatic heterocycles. The Balaban J connectivity index is 2.53. The Bertz CT molecular complexity index is 494. The van der Waals surface area contributed by atoms with E-state index in [2.05, 4.69) is 48.5 Å². The Kier molecular flexibility index (Phi) is 3.29. The van der Waals surface area contributed by atoms with E-state index in [1.807, 2.05) is 25.0 Å². The van der Waals surface area contributed by atoms with Gasteiger partial charge < -0.3 is 5.32 Å². The van der Waals surface area contributed by atoms with Crippen molar-refractivity contribution in [1.29, 1.82) is 0 Å². The number of benzene rings is 1. The minimum absolute atomic E-state index is 0.198. The molecule has 1 heterocycles. The molecular weight excluding hydrogens is 210 g/mol. The zero-order chi connectivity index (χ0) is 12.4. The molecule has 1 unspecified atom stereocenters. The van der Waals surface area contributed by atoms with Gasteiger partial charge in [0.15, 0.2) is 0 Å². The Morgan fingerprint density at radius 2 is 1.82 bits per heavy atom. The molecule has 0 fully saturated rings. The van der Waals surface area contributed by atoms with Crippen molar-refractivity contribution < 1.29 is 0 Å². The number of nitrogens with one attached hydrogen (secondary N) is 1. The maximum Gasteiger partial charge on any atom is 0.0750 e. The topological polar surface area (TPSA) is 29.9 Å². The van der Waals surface area contributed by atoms with E-state index in [9.17, 15) is 0 Å². The van der Waals surface area contributed by atoms with Crippen molar-refractivity contribution in [2.24, 2.45) is 7.05 Å². The van der Waals surface area contributed by atoms with Crippen molar-refractivity contribution in [2.45, 2.75) is 19.9 Å². The van der Waals surface area contributed by atoms with Crippen LogP contribution in [-0.4, -0.2) is 16.8 Å². The molecular formula is C14H19N3. The first-order valence-electron chi connectivity index (χ1n) is 5.86. The highest BCUT2D eigenvalue weighted by Gasteiger charge is 2.18. The van der Waals surface area contributed by atoms with Gasteiger partial charge >= 0.3 is 0 Å². The van der Waals surface area contributed by atoms with Gasteiger partial charge in [-0.05, 0) is 43.7 Å². The van der Waals surface area contributed by atoms with Crippen molar-refractivity contribution >= 4 is 0 Å². The highest BCUT2D eigenvalue weighted by Crippen LogP contribution is 2.26. The van der Waals surface area contributed by atoms with E-state index in [-0.39, 0.29) is 6.04 Å². The first-order chi connectivity index (χ1) is 8.15. The monoisotopic (exact) mass is 229 g/mol. The van der Waals surface area contributed by atoms with Gasteiger partial charge in [0.1, 0.15) is 0 Å². The third kappa shape index (κ3) is 2.11. The standard InChI is InChI=1S/C14H19N3/c1-10-6-5-7-11(2)13(10)14(15-3)12-8-9-16-17(12)4/h5-9,14-15H,1-4H3. The van der Waals surface area contributed by atoms with E-state index < -0.39 is 0 Å². The molecule has 3 heteroatoms. The van der Waals surface area contributed by atoms with E-state index in [4.69, 9.17) is 0 Å². The van der Waals surface area contributed by atoms with Crippen LogP contribution in [-0.2, 0) is 7.05 Å². The number of nitrogens with zero attached hydrogens (tertiary/aromatic N) is 2. The van der Waals surface area contributed by atoms with Crippen LogP contribution >= 0.6 is 0 Å². The van der Waals surface area contributed by atoms with Crippen LogP contribution in [0.4, 0.5) is 0 Å². The molecule has 0 radical (unpaired) electrons. The fourth-order valence-electron chi connectivity index (χ4n) is 2.39. The molecule has 0 aliphatic heterocycles. The zero-order valence-electron chi connectivity index (χ0n) is 10.9. The lowest BCUT2D eigenvalue weighted by Crippen LogP contribution is -2.22. The Morgan fingerprint density at radius 3 is 2.29 bits per heavy atom. The van der Waals surface area contributed by atoms with Gasteiger partial charge in [0.25, 0.3) is 0 Å². The predicted octanol–water partition coefficient (Wildman–Crippen LogP) is 2.35. The summed E-state index contributed by atoms with van der Waals surface area (Å²) in [5.74, 6) is 0. The summed E-state index contributed by atoms with van der Waals surface area (Å²) in [6.07, 6.45) is 1.84. The van der Waals surface area contributed by atoms with E-state index in [1.165, 1.54) is 22.4 Å². The lowest BCUT2D eigenvalue weighted by molar-refractivity contribution is 0.601. The van der Waals surface area contributed by atoms with Gasteiger partial charge in [-0.3, -0.25) is 4.68 Å². The van der Waals surface area contributed by atoms with Gasteiger partial charge in [-0.2, -0.15) is 5.10 Å². The highest BCUT2D eigenvalue weighted by atomic mass is 15.3. The van der Waals surface area contributed by atoms with Crippen molar-refractivity contribution in [2.75, 3.05) is 7.05 Å². The number of hydrogen-bond donors (Lipinski definition) is 1. The molecule has 1 N–H and O–H groups in total. The van der Waals surface area contributed by atoms with Crippen molar-refractivity contribution in [1.82, 2.24) is 15.1 Å². The van der Waals surface area contributed by atoms with Crippen LogP contribution in [0.1, 0.15) is 28.4 Å². The summed E-state index contributed by atoms with van der Waals surface area (Å²) in [5, 5.41) is 7.63. The van der Waals surface area contributed by atoms with E-state index in [0.717, 1.165) is 0 Å². The van der Waals surface area contributed by atoms with Crippen LogP contribution in [0.5, 0.6) is 0 Å². The second kappa shape index (κ2) is 4.72. The minimum atomic E-state index is 0.198. The van der Waals surface area contributed by atoms with Crippen LogP contribution in [0.2, 0.25) is 0 Å². The molecule has 0 aliphatic rings. The first-order valence-corrected chi connectivity index (χ1v) is 5.86. The van der Waals surface area contributed by atoms with Gasteiger partial charge in [0.2, 0.25) is 0 Å². The van der Waals surface area contributed by atoms with Crippen LogP contribution < -0.4 is 5.32 Å². The summed E-state index contributed by atoms with van der Waals surface area (Å²) < 4.78 is 1.92. The van der Waals surface area contributed by atoms with Crippen LogP contribution in [0.25, 0.3) is 0 Å². The predicted molar refractivity (Wildman–Crippen MR) is 70.0 cm³/mol. The summed E-state index contributed by atoms with van der Waals surface area (Å²) in [6, 6.07) is 8.67. The van der Waals surface area contributed by atoms with Gasteiger partial charge in [-0.15, -0.1) is 0 Å². The second-order valence-electron chi connectivity index (χ2n) is 4.41. The Labute approximate surface area is 102 Å². The van der Waals surface area contributed by atoms with Crippen LogP contribution in [0.3, 0.4) is 0 Å². The third-order valence-corrected chi connectivity index (χ3v) is 3.27. The fraction of sp³-hybridized carbons (Fsp3) is 0.357. The summed E-state index contributed by atoms with van der Waals surface area (Å²) in [5.41, 5.74) is 5.15. The quantitative estimate of drug-likeness (QED) is 0.875. The van der Waals surface area contributed by atoms with Gasteiger partial charge in [-0.1, -0.05) is 18.2 Å². The van der Waals surface area contributed by atoms with Crippen molar-refractivity contribution in [3.63, 3.8) is 0 Å². The summed E-state index contributed by atoms with van der Waals surface area (Å²) in [6.45, 7) is 4.31. The maximum atomic E-state index is 4.25. The van der Waals surface area contributed by atoms with E-state index >= 15 is 0 Å². The number of rotatable bonds is 3.